The maximum absolute atomic E-state index is 12.3. The molecule has 0 bridgehead atoms. The van der Waals surface area contributed by atoms with Crippen LogP contribution in [0.3, 0.4) is 0 Å². The van der Waals surface area contributed by atoms with Crippen molar-refractivity contribution in [3.05, 3.63) is 30.9 Å². The molecule has 1 fully saturated rings. The third kappa shape index (κ3) is 3.95. The van der Waals surface area contributed by atoms with Gasteiger partial charge in [0, 0.05) is 18.3 Å². The van der Waals surface area contributed by atoms with Crippen molar-refractivity contribution in [1.29, 1.82) is 0 Å². The van der Waals surface area contributed by atoms with Gasteiger partial charge in [0.2, 0.25) is 0 Å². The summed E-state index contributed by atoms with van der Waals surface area (Å²) >= 11 is 0. The van der Waals surface area contributed by atoms with Gasteiger partial charge in [-0.3, -0.25) is 4.79 Å². The Bertz CT molecular complexity index is 668. The predicted octanol–water partition coefficient (Wildman–Crippen LogP) is 3.44. The van der Waals surface area contributed by atoms with Crippen LogP contribution in [-0.2, 0) is 4.79 Å². The zero-order valence-corrected chi connectivity index (χ0v) is 14.6. The fraction of sp³-hybridized carbons (Fsp3) is 0.474. The van der Waals surface area contributed by atoms with E-state index >= 15 is 0 Å². The summed E-state index contributed by atoms with van der Waals surface area (Å²) in [7, 11) is 0. The third-order valence-electron chi connectivity index (χ3n) is 4.68. The molecule has 1 heterocycles. The maximum atomic E-state index is 12.3. The highest BCUT2D eigenvalue weighted by Crippen LogP contribution is 2.36. The monoisotopic (exact) mass is 343 g/mol. The minimum atomic E-state index is -0.527. The molecule has 2 aliphatic rings. The quantitative estimate of drug-likeness (QED) is 0.823. The van der Waals surface area contributed by atoms with Crippen molar-refractivity contribution in [1.82, 2.24) is 5.32 Å². The molecule has 134 valence electrons. The van der Waals surface area contributed by atoms with Gasteiger partial charge >= 0.3 is 6.03 Å². The van der Waals surface area contributed by atoms with E-state index in [4.69, 9.17) is 4.74 Å². The summed E-state index contributed by atoms with van der Waals surface area (Å²) < 4.78 is 5.65. The van der Waals surface area contributed by atoms with E-state index in [9.17, 15) is 9.59 Å². The number of benzene rings is 1. The number of ether oxygens (including phenoxy) is 1. The number of nitrogens with zero attached hydrogens (tertiary/aromatic N) is 1. The molecule has 0 radical (unpaired) electrons. The van der Waals surface area contributed by atoms with E-state index < -0.39 is 6.10 Å². The van der Waals surface area contributed by atoms with Gasteiger partial charge in [-0.2, -0.15) is 0 Å². The second kappa shape index (κ2) is 7.59. The van der Waals surface area contributed by atoms with Crippen LogP contribution in [0.4, 0.5) is 16.2 Å². The molecule has 3 rings (SSSR count). The van der Waals surface area contributed by atoms with Gasteiger partial charge in [-0.25, -0.2) is 4.79 Å². The number of carbonyl (C=O) groups excluding carboxylic acids is 2. The van der Waals surface area contributed by atoms with E-state index in [2.05, 4.69) is 17.2 Å². The third-order valence-corrected chi connectivity index (χ3v) is 4.68. The summed E-state index contributed by atoms with van der Waals surface area (Å²) in [6, 6.07) is 5.37. The summed E-state index contributed by atoms with van der Waals surface area (Å²) in [5, 5.41) is 5.88. The van der Waals surface area contributed by atoms with Crippen LogP contribution in [-0.4, -0.2) is 30.6 Å². The molecule has 1 aliphatic heterocycles. The van der Waals surface area contributed by atoms with E-state index in [-0.39, 0.29) is 18.0 Å². The van der Waals surface area contributed by atoms with Crippen LogP contribution in [0.2, 0.25) is 0 Å². The number of rotatable bonds is 4. The molecule has 1 aliphatic carbocycles. The summed E-state index contributed by atoms with van der Waals surface area (Å²) in [5.41, 5.74) is 1.28. The topological polar surface area (TPSA) is 70.7 Å². The molecule has 6 nitrogen and oxygen atoms in total. The van der Waals surface area contributed by atoms with Crippen LogP contribution >= 0.6 is 0 Å². The van der Waals surface area contributed by atoms with Gasteiger partial charge < -0.3 is 20.3 Å². The van der Waals surface area contributed by atoms with E-state index in [1.807, 2.05) is 0 Å². The first-order valence-electron chi connectivity index (χ1n) is 8.89. The summed E-state index contributed by atoms with van der Waals surface area (Å²) in [5.74, 6) is 0.517. The van der Waals surface area contributed by atoms with E-state index in [1.54, 1.807) is 36.1 Å². The summed E-state index contributed by atoms with van der Waals surface area (Å²) in [6.07, 6.45) is 6.79. The molecule has 1 unspecified atom stereocenters. The lowest BCUT2D eigenvalue weighted by Gasteiger charge is -2.32. The average molecular weight is 343 g/mol. The molecule has 1 atom stereocenters. The Hall–Kier alpha value is -2.50. The van der Waals surface area contributed by atoms with E-state index in [1.165, 1.54) is 6.42 Å². The lowest BCUT2D eigenvalue weighted by Crippen LogP contribution is -2.44. The molecule has 1 saturated carbocycles. The van der Waals surface area contributed by atoms with E-state index in [0.29, 0.717) is 23.7 Å². The largest absolute Gasteiger partial charge is 0.479 e. The Labute approximate surface area is 148 Å². The first-order chi connectivity index (χ1) is 12.1. The molecule has 0 aromatic heterocycles. The van der Waals surface area contributed by atoms with Gasteiger partial charge in [-0.05, 0) is 38.0 Å². The van der Waals surface area contributed by atoms with Crippen molar-refractivity contribution >= 4 is 23.3 Å². The molecule has 6 heteroatoms. The molecule has 1 aromatic carbocycles. The molecule has 2 N–H and O–H groups in total. The number of anilines is 2. The zero-order valence-electron chi connectivity index (χ0n) is 14.6. The van der Waals surface area contributed by atoms with Crippen molar-refractivity contribution in [3.63, 3.8) is 0 Å². The highest BCUT2D eigenvalue weighted by molar-refractivity contribution is 6.01. The minimum absolute atomic E-state index is 0.115. The number of nitrogens with one attached hydrogen (secondary N) is 2. The van der Waals surface area contributed by atoms with Crippen LogP contribution < -0.4 is 20.3 Å². The van der Waals surface area contributed by atoms with Crippen molar-refractivity contribution in [2.45, 2.75) is 51.2 Å². The Morgan fingerprint density at radius 3 is 2.84 bits per heavy atom. The Kier molecular flexibility index (Phi) is 5.26. The lowest BCUT2D eigenvalue weighted by molar-refractivity contribution is -0.125. The number of fused-ring (bicyclic) bond motifs is 1. The van der Waals surface area contributed by atoms with Gasteiger partial charge in [-0.15, -0.1) is 6.58 Å². The van der Waals surface area contributed by atoms with Gasteiger partial charge in [0.05, 0.1) is 5.69 Å². The minimum Gasteiger partial charge on any atom is -0.479 e. The maximum Gasteiger partial charge on any atom is 0.319 e. The van der Waals surface area contributed by atoms with Crippen molar-refractivity contribution in [2.24, 2.45) is 0 Å². The molecule has 0 spiro atoms. The normalized spacial score (nSPS) is 20.4. The Morgan fingerprint density at radius 1 is 1.36 bits per heavy atom. The molecule has 0 saturated heterocycles. The number of urea groups is 1. The molecular formula is C19H25N3O3. The number of hydrogen-bond acceptors (Lipinski definition) is 3. The van der Waals surface area contributed by atoms with Gasteiger partial charge in [-0.1, -0.05) is 25.3 Å². The summed E-state index contributed by atoms with van der Waals surface area (Å²) in [4.78, 5) is 26.2. The Balaban J connectivity index is 1.72. The van der Waals surface area contributed by atoms with Crippen LogP contribution in [0.25, 0.3) is 0 Å². The average Bonchev–Trinajstić information content (AvgIpc) is 2.60. The second-order valence-electron chi connectivity index (χ2n) is 6.61. The standard InChI is InChI=1S/C19H25N3O3/c1-3-11-22-16-12-15(9-10-17(16)25-13(2)18(22)23)21-19(24)20-14-7-5-4-6-8-14/h3,9-10,12-14H,1,4-8,11H2,2H3,(H2,20,21,24). The Morgan fingerprint density at radius 2 is 2.12 bits per heavy atom. The number of hydrogen-bond donors (Lipinski definition) is 2. The van der Waals surface area contributed by atoms with Crippen LogP contribution in [0, 0.1) is 0 Å². The van der Waals surface area contributed by atoms with Crippen LogP contribution in [0.15, 0.2) is 30.9 Å². The van der Waals surface area contributed by atoms with Gasteiger partial charge in [0.1, 0.15) is 5.75 Å². The second-order valence-corrected chi connectivity index (χ2v) is 6.61. The van der Waals surface area contributed by atoms with Gasteiger partial charge in [0.25, 0.3) is 5.91 Å². The number of carbonyl (C=O) groups is 2. The molecular weight excluding hydrogens is 318 g/mol. The van der Waals surface area contributed by atoms with Crippen LogP contribution in [0.5, 0.6) is 5.75 Å². The van der Waals surface area contributed by atoms with Crippen molar-refractivity contribution in [2.75, 3.05) is 16.8 Å². The first-order valence-corrected chi connectivity index (χ1v) is 8.89. The number of amides is 3. The van der Waals surface area contributed by atoms with E-state index in [0.717, 1.165) is 25.7 Å². The fourth-order valence-corrected chi connectivity index (χ4v) is 3.40. The SMILES string of the molecule is C=CCN1C(=O)C(C)Oc2ccc(NC(=O)NC3CCCCC3)cc21. The predicted molar refractivity (Wildman–Crippen MR) is 98.1 cm³/mol. The molecule has 3 amide bonds. The van der Waals surface area contributed by atoms with Crippen molar-refractivity contribution < 1.29 is 14.3 Å². The highest BCUT2D eigenvalue weighted by atomic mass is 16.5. The zero-order chi connectivity index (χ0) is 17.8. The van der Waals surface area contributed by atoms with Crippen LogP contribution in [0.1, 0.15) is 39.0 Å². The first kappa shape index (κ1) is 17.3. The summed E-state index contributed by atoms with van der Waals surface area (Å²) in [6.45, 7) is 5.84. The molecule has 1 aromatic rings. The molecule has 25 heavy (non-hydrogen) atoms. The van der Waals surface area contributed by atoms with Gasteiger partial charge in [0.15, 0.2) is 6.10 Å². The van der Waals surface area contributed by atoms with Crippen molar-refractivity contribution in [3.8, 4) is 5.75 Å². The fourth-order valence-electron chi connectivity index (χ4n) is 3.40. The smallest absolute Gasteiger partial charge is 0.319 e. The lowest BCUT2D eigenvalue weighted by atomic mass is 9.96. The highest BCUT2D eigenvalue weighted by Gasteiger charge is 2.31.